The van der Waals surface area contributed by atoms with Crippen LogP contribution in [-0.4, -0.2) is 43.7 Å². The first-order chi connectivity index (χ1) is 16.0. The maximum Gasteiger partial charge on any atom is 0.263 e. The Balaban J connectivity index is 1.45. The molecule has 0 radical (unpaired) electrons. The summed E-state index contributed by atoms with van der Waals surface area (Å²) in [5, 5.41) is 6.41. The van der Waals surface area contributed by atoms with Crippen molar-refractivity contribution in [2.24, 2.45) is 0 Å². The summed E-state index contributed by atoms with van der Waals surface area (Å²) in [6, 6.07) is 13.6. The molecule has 2 heterocycles. The Bertz CT molecular complexity index is 1190. The summed E-state index contributed by atoms with van der Waals surface area (Å²) in [5.41, 5.74) is 1.54. The highest BCUT2D eigenvalue weighted by Gasteiger charge is 2.19. The third-order valence-corrected chi connectivity index (χ3v) is 5.60. The molecule has 1 fully saturated rings. The van der Waals surface area contributed by atoms with E-state index in [1.165, 1.54) is 12.3 Å². The van der Waals surface area contributed by atoms with Gasteiger partial charge < -0.3 is 25.3 Å². The second-order valence-electron chi connectivity index (χ2n) is 7.62. The molecule has 9 heteroatoms. The van der Waals surface area contributed by atoms with Crippen LogP contribution in [0.15, 0.2) is 59.5 Å². The Morgan fingerprint density at radius 3 is 2.73 bits per heavy atom. The predicted molar refractivity (Wildman–Crippen MR) is 128 cm³/mol. The quantitative estimate of drug-likeness (QED) is 0.487. The number of nitrogens with one attached hydrogen (secondary N) is 3. The zero-order valence-electron chi connectivity index (χ0n) is 17.9. The van der Waals surface area contributed by atoms with Gasteiger partial charge in [0.05, 0.1) is 24.6 Å². The summed E-state index contributed by atoms with van der Waals surface area (Å²) in [5.74, 6) is -1.07. The molecule has 2 aromatic carbocycles. The predicted octanol–water partition coefficient (Wildman–Crippen LogP) is 3.91. The SMILES string of the molecule is O=C(Nc1ccc(N2CCOCC2)c(F)c1)c1c(NCCc2cccc(Cl)c2)cc[nH]c1=O. The number of pyridine rings is 1. The first-order valence-corrected chi connectivity index (χ1v) is 11.0. The molecule has 0 bridgehead atoms. The Morgan fingerprint density at radius 1 is 1.15 bits per heavy atom. The minimum atomic E-state index is -0.624. The van der Waals surface area contributed by atoms with Gasteiger partial charge >= 0.3 is 0 Å². The Labute approximate surface area is 195 Å². The molecule has 1 aliphatic rings. The van der Waals surface area contributed by atoms with Gasteiger partial charge in [-0.05, 0) is 48.4 Å². The van der Waals surface area contributed by atoms with E-state index in [-0.39, 0.29) is 11.3 Å². The summed E-state index contributed by atoms with van der Waals surface area (Å²) < 4.78 is 20.0. The molecule has 0 saturated carbocycles. The highest BCUT2D eigenvalue weighted by Crippen LogP contribution is 2.24. The van der Waals surface area contributed by atoms with Crippen LogP contribution in [0.2, 0.25) is 5.02 Å². The third-order valence-electron chi connectivity index (χ3n) is 5.36. The zero-order chi connectivity index (χ0) is 23.2. The number of amides is 1. The molecule has 0 unspecified atom stereocenters. The van der Waals surface area contributed by atoms with E-state index in [4.69, 9.17) is 16.3 Å². The molecule has 4 rings (SSSR count). The number of ether oxygens (including phenoxy) is 1. The van der Waals surface area contributed by atoms with Crippen LogP contribution in [-0.2, 0) is 11.2 Å². The monoisotopic (exact) mass is 470 g/mol. The fourth-order valence-electron chi connectivity index (χ4n) is 3.72. The maximum absolute atomic E-state index is 14.7. The van der Waals surface area contributed by atoms with E-state index in [1.54, 1.807) is 24.3 Å². The molecule has 172 valence electrons. The van der Waals surface area contributed by atoms with Crippen molar-refractivity contribution in [1.29, 1.82) is 0 Å². The van der Waals surface area contributed by atoms with Crippen LogP contribution < -0.4 is 21.1 Å². The van der Waals surface area contributed by atoms with E-state index in [0.29, 0.717) is 55.7 Å². The molecule has 1 amide bonds. The zero-order valence-corrected chi connectivity index (χ0v) is 18.6. The van der Waals surface area contributed by atoms with Crippen molar-refractivity contribution >= 4 is 34.6 Å². The van der Waals surface area contributed by atoms with Gasteiger partial charge in [0.2, 0.25) is 0 Å². The number of rotatable bonds is 7. The van der Waals surface area contributed by atoms with Crippen LogP contribution in [0, 0.1) is 5.82 Å². The van der Waals surface area contributed by atoms with Crippen LogP contribution in [0.4, 0.5) is 21.5 Å². The summed E-state index contributed by atoms with van der Waals surface area (Å²) in [6.07, 6.45) is 2.13. The van der Waals surface area contributed by atoms with Crippen molar-refractivity contribution in [3.05, 3.63) is 87.0 Å². The average molecular weight is 471 g/mol. The van der Waals surface area contributed by atoms with Crippen molar-refractivity contribution in [2.45, 2.75) is 6.42 Å². The number of aromatic nitrogens is 1. The van der Waals surface area contributed by atoms with Gasteiger partial charge in [0.15, 0.2) is 0 Å². The van der Waals surface area contributed by atoms with E-state index in [2.05, 4.69) is 15.6 Å². The normalized spacial score (nSPS) is 13.6. The first-order valence-electron chi connectivity index (χ1n) is 10.6. The summed E-state index contributed by atoms with van der Waals surface area (Å²) >= 11 is 6.02. The lowest BCUT2D eigenvalue weighted by Crippen LogP contribution is -2.36. The van der Waals surface area contributed by atoms with Gasteiger partial charge in [0.1, 0.15) is 11.4 Å². The molecule has 7 nitrogen and oxygen atoms in total. The van der Waals surface area contributed by atoms with Crippen molar-refractivity contribution in [1.82, 2.24) is 4.98 Å². The van der Waals surface area contributed by atoms with E-state index in [1.807, 2.05) is 23.1 Å². The number of carbonyl (C=O) groups excluding carboxylic acids is 1. The van der Waals surface area contributed by atoms with Gasteiger partial charge in [-0.15, -0.1) is 0 Å². The van der Waals surface area contributed by atoms with Crippen LogP contribution >= 0.6 is 11.6 Å². The van der Waals surface area contributed by atoms with Gasteiger partial charge in [-0.25, -0.2) is 4.39 Å². The molecule has 3 aromatic rings. The molecule has 1 saturated heterocycles. The van der Waals surface area contributed by atoms with Gasteiger partial charge in [0.25, 0.3) is 11.5 Å². The smallest absolute Gasteiger partial charge is 0.263 e. The van der Waals surface area contributed by atoms with Crippen LogP contribution in [0.1, 0.15) is 15.9 Å². The summed E-state index contributed by atoms with van der Waals surface area (Å²) in [7, 11) is 0. The Kier molecular flexibility index (Phi) is 7.26. The number of hydrogen-bond acceptors (Lipinski definition) is 5. The fourth-order valence-corrected chi connectivity index (χ4v) is 3.94. The van der Waals surface area contributed by atoms with Crippen LogP contribution in [0.5, 0.6) is 0 Å². The number of carbonyl (C=O) groups is 1. The van der Waals surface area contributed by atoms with Gasteiger partial charge in [0, 0.05) is 36.5 Å². The average Bonchev–Trinajstić information content (AvgIpc) is 2.80. The molecule has 0 aliphatic carbocycles. The van der Waals surface area contributed by atoms with E-state index in [0.717, 1.165) is 5.56 Å². The highest BCUT2D eigenvalue weighted by molar-refractivity contribution is 6.30. The number of H-pyrrole nitrogens is 1. The second kappa shape index (κ2) is 10.5. The number of nitrogens with zero attached hydrogens (tertiary/aromatic N) is 1. The number of halogens is 2. The summed E-state index contributed by atoms with van der Waals surface area (Å²) in [4.78, 5) is 29.7. The third kappa shape index (κ3) is 5.71. The number of hydrogen-bond donors (Lipinski definition) is 3. The van der Waals surface area contributed by atoms with Crippen molar-refractivity contribution in [3.8, 4) is 0 Å². The van der Waals surface area contributed by atoms with E-state index < -0.39 is 17.3 Å². The lowest BCUT2D eigenvalue weighted by atomic mass is 10.1. The lowest BCUT2D eigenvalue weighted by Gasteiger charge is -2.29. The number of morpholine rings is 1. The van der Waals surface area contributed by atoms with Crippen molar-refractivity contribution < 1.29 is 13.9 Å². The van der Waals surface area contributed by atoms with E-state index >= 15 is 0 Å². The molecule has 33 heavy (non-hydrogen) atoms. The van der Waals surface area contributed by atoms with Crippen molar-refractivity contribution in [2.75, 3.05) is 48.4 Å². The molecular formula is C24H24ClFN4O3. The molecule has 1 aliphatic heterocycles. The fraction of sp³-hybridized carbons (Fsp3) is 0.250. The standard InChI is InChI=1S/C24H24ClFN4O3/c25-17-3-1-2-16(14-17)6-8-27-20-7-9-28-23(31)22(20)24(32)29-18-4-5-21(19(26)15-18)30-10-12-33-13-11-30/h1-5,7,9,14-15H,6,8,10-13H2,(H,29,32)(H2,27,28,31). The topological polar surface area (TPSA) is 86.5 Å². The number of anilines is 3. The van der Waals surface area contributed by atoms with Crippen molar-refractivity contribution in [3.63, 3.8) is 0 Å². The van der Waals surface area contributed by atoms with Crippen LogP contribution in [0.3, 0.4) is 0 Å². The molecule has 3 N–H and O–H groups in total. The Hall–Kier alpha value is -3.36. The molecule has 0 atom stereocenters. The second-order valence-corrected chi connectivity index (χ2v) is 8.06. The molecular weight excluding hydrogens is 447 g/mol. The van der Waals surface area contributed by atoms with Gasteiger partial charge in [-0.1, -0.05) is 23.7 Å². The number of aromatic amines is 1. The minimum Gasteiger partial charge on any atom is -0.384 e. The maximum atomic E-state index is 14.7. The van der Waals surface area contributed by atoms with Gasteiger partial charge in [-0.3, -0.25) is 9.59 Å². The lowest BCUT2D eigenvalue weighted by molar-refractivity contribution is 0.102. The Morgan fingerprint density at radius 2 is 1.97 bits per heavy atom. The van der Waals surface area contributed by atoms with E-state index in [9.17, 15) is 14.0 Å². The molecule has 1 aromatic heterocycles. The summed E-state index contributed by atoms with van der Waals surface area (Å²) in [6.45, 7) is 2.79. The molecule has 0 spiro atoms. The highest BCUT2D eigenvalue weighted by atomic mass is 35.5. The first kappa shape index (κ1) is 22.8. The van der Waals surface area contributed by atoms with Crippen LogP contribution in [0.25, 0.3) is 0 Å². The number of benzene rings is 2. The van der Waals surface area contributed by atoms with Gasteiger partial charge in [-0.2, -0.15) is 0 Å². The largest absolute Gasteiger partial charge is 0.384 e. The minimum absolute atomic E-state index is 0.0683.